The van der Waals surface area contributed by atoms with E-state index < -0.39 is 5.97 Å². The molecule has 1 heterocycles. The summed E-state index contributed by atoms with van der Waals surface area (Å²) >= 11 is 0. The third-order valence-corrected chi connectivity index (χ3v) is 7.54. The van der Waals surface area contributed by atoms with Gasteiger partial charge in [0.1, 0.15) is 0 Å². The zero-order valence-electron chi connectivity index (χ0n) is 21.8. The topological polar surface area (TPSA) is 79.2 Å². The van der Waals surface area contributed by atoms with Crippen LogP contribution in [0.4, 0.5) is 0 Å². The number of allylic oxidation sites excluding steroid dienone is 1. The van der Waals surface area contributed by atoms with E-state index in [1.54, 1.807) is 0 Å². The Labute approximate surface area is 220 Å². The van der Waals surface area contributed by atoms with Gasteiger partial charge in [0, 0.05) is 12.5 Å². The van der Waals surface area contributed by atoms with Crippen LogP contribution in [0, 0.1) is 0 Å². The third-order valence-electron chi connectivity index (χ3n) is 7.54. The molecule has 2 aromatic carbocycles. The van der Waals surface area contributed by atoms with Gasteiger partial charge in [0.25, 0.3) is 0 Å². The lowest BCUT2D eigenvalue weighted by Gasteiger charge is -2.33. The van der Waals surface area contributed by atoms with Gasteiger partial charge in [-0.25, -0.2) is 0 Å². The smallest absolute Gasteiger partial charge is 0.303 e. The molecule has 1 saturated heterocycles. The van der Waals surface area contributed by atoms with Gasteiger partial charge in [-0.15, -0.1) is 0 Å². The molecular formula is C31H41NO5. The van der Waals surface area contributed by atoms with Gasteiger partial charge in [0.05, 0.1) is 32.0 Å². The maximum Gasteiger partial charge on any atom is 0.303 e. The number of rotatable bonds is 12. The SMILES string of the molecule is O=C(O)CC/C=C\CO[C@H]1C(OCc2ccc(-c3cccc(CO)c3)cc2)CC[C@@H]1N1CCCCCC1. The first-order valence-electron chi connectivity index (χ1n) is 13.8. The van der Waals surface area contributed by atoms with Crippen molar-refractivity contribution in [2.75, 3.05) is 19.7 Å². The number of likely N-dealkylation sites (tertiary alicyclic amines) is 1. The molecule has 1 saturated carbocycles. The van der Waals surface area contributed by atoms with Crippen LogP contribution in [0.3, 0.4) is 0 Å². The number of aliphatic carboxylic acids is 1. The monoisotopic (exact) mass is 507 g/mol. The van der Waals surface area contributed by atoms with Crippen molar-refractivity contribution in [2.45, 2.75) is 82.8 Å². The molecule has 6 nitrogen and oxygen atoms in total. The van der Waals surface area contributed by atoms with Crippen LogP contribution in [-0.2, 0) is 27.5 Å². The highest BCUT2D eigenvalue weighted by molar-refractivity contribution is 5.66. The first-order valence-corrected chi connectivity index (χ1v) is 13.8. The summed E-state index contributed by atoms with van der Waals surface area (Å²) in [5.74, 6) is -0.775. The van der Waals surface area contributed by atoms with Crippen molar-refractivity contribution < 1.29 is 24.5 Å². The van der Waals surface area contributed by atoms with Gasteiger partial charge in [-0.3, -0.25) is 9.69 Å². The molecule has 2 aliphatic rings. The molecule has 0 spiro atoms. The molecule has 2 aromatic rings. The van der Waals surface area contributed by atoms with Gasteiger partial charge in [0.15, 0.2) is 0 Å². The van der Waals surface area contributed by atoms with E-state index >= 15 is 0 Å². The van der Waals surface area contributed by atoms with Crippen molar-refractivity contribution in [3.8, 4) is 11.1 Å². The molecule has 0 bridgehead atoms. The van der Waals surface area contributed by atoms with Crippen LogP contribution in [0.2, 0.25) is 0 Å². The van der Waals surface area contributed by atoms with Gasteiger partial charge in [-0.2, -0.15) is 0 Å². The normalized spacial score (nSPS) is 22.9. The van der Waals surface area contributed by atoms with Crippen molar-refractivity contribution in [2.24, 2.45) is 0 Å². The lowest BCUT2D eigenvalue weighted by molar-refractivity contribution is -0.136. The summed E-state index contributed by atoms with van der Waals surface area (Å²) in [6.07, 6.45) is 11.8. The van der Waals surface area contributed by atoms with E-state index in [1.165, 1.54) is 25.7 Å². The minimum Gasteiger partial charge on any atom is -0.481 e. The zero-order chi connectivity index (χ0) is 25.9. The second kappa shape index (κ2) is 14.4. The lowest BCUT2D eigenvalue weighted by atomic mass is 10.0. The van der Waals surface area contributed by atoms with E-state index in [1.807, 2.05) is 30.4 Å². The number of nitrogens with zero attached hydrogens (tertiary/aromatic N) is 1. The fraction of sp³-hybridized carbons (Fsp3) is 0.516. The molecule has 2 N–H and O–H groups in total. The van der Waals surface area contributed by atoms with Crippen molar-refractivity contribution >= 4 is 5.97 Å². The molecule has 1 aliphatic heterocycles. The summed E-state index contributed by atoms with van der Waals surface area (Å²) < 4.78 is 12.9. The summed E-state index contributed by atoms with van der Waals surface area (Å²) in [7, 11) is 0. The number of aliphatic hydroxyl groups is 1. The van der Waals surface area contributed by atoms with Gasteiger partial charge in [-0.05, 0) is 73.5 Å². The maximum absolute atomic E-state index is 10.7. The highest BCUT2D eigenvalue weighted by atomic mass is 16.5. The molecule has 0 aromatic heterocycles. The van der Waals surface area contributed by atoms with Gasteiger partial charge in [-0.1, -0.05) is 67.5 Å². The predicted molar refractivity (Wildman–Crippen MR) is 145 cm³/mol. The summed E-state index contributed by atoms with van der Waals surface area (Å²) in [4.78, 5) is 13.4. The van der Waals surface area contributed by atoms with E-state index in [-0.39, 0.29) is 25.2 Å². The highest BCUT2D eigenvalue weighted by Crippen LogP contribution is 2.32. The van der Waals surface area contributed by atoms with Crippen LogP contribution in [0.1, 0.15) is 62.5 Å². The first kappa shape index (κ1) is 27.5. The quantitative estimate of drug-likeness (QED) is 0.366. The second-order valence-corrected chi connectivity index (χ2v) is 10.2. The van der Waals surface area contributed by atoms with Crippen molar-refractivity contribution in [1.82, 2.24) is 4.90 Å². The van der Waals surface area contributed by atoms with Crippen LogP contribution in [0.25, 0.3) is 11.1 Å². The molecule has 2 fully saturated rings. The standard InChI is InChI=1S/C31H41NO5/c33-22-25-9-8-10-27(21-25)26-14-12-24(13-15-26)23-37-29-17-16-28(32-18-5-1-2-6-19-32)31(29)36-20-7-3-4-11-30(34)35/h3,7-10,12-15,21,28-29,31,33H,1-2,4-6,11,16-20,22-23H2,(H,34,35)/b7-3-/t28-,29?,31+/m0/s1. The highest BCUT2D eigenvalue weighted by Gasteiger charge is 2.40. The Morgan fingerprint density at radius 1 is 0.919 bits per heavy atom. The summed E-state index contributed by atoms with van der Waals surface area (Å²) in [5.41, 5.74) is 4.26. The molecule has 200 valence electrons. The van der Waals surface area contributed by atoms with Crippen LogP contribution in [0.5, 0.6) is 0 Å². The van der Waals surface area contributed by atoms with Gasteiger partial charge in [0.2, 0.25) is 0 Å². The Morgan fingerprint density at radius 3 is 2.43 bits per heavy atom. The van der Waals surface area contributed by atoms with Gasteiger partial charge >= 0.3 is 5.97 Å². The van der Waals surface area contributed by atoms with Crippen LogP contribution in [-0.4, -0.2) is 59.0 Å². The average molecular weight is 508 g/mol. The Bertz CT molecular complexity index is 997. The number of ether oxygens (including phenoxy) is 2. The Morgan fingerprint density at radius 2 is 1.70 bits per heavy atom. The second-order valence-electron chi connectivity index (χ2n) is 10.2. The Kier molecular flexibility index (Phi) is 10.7. The minimum absolute atomic E-state index is 0.0164. The van der Waals surface area contributed by atoms with E-state index in [4.69, 9.17) is 14.6 Å². The summed E-state index contributed by atoms with van der Waals surface area (Å²) in [6, 6.07) is 16.8. The Balaban J connectivity index is 1.36. The van der Waals surface area contributed by atoms with E-state index in [2.05, 4.69) is 35.2 Å². The lowest BCUT2D eigenvalue weighted by Crippen LogP contribution is -2.45. The maximum atomic E-state index is 10.7. The fourth-order valence-corrected chi connectivity index (χ4v) is 5.53. The number of aliphatic hydroxyl groups excluding tert-OH is 1. The molecule has 6 heteroatoms. The molecule has 0 radical (unpaired) electrons. The number of hydrogen-bond donors (Lipinski definition) is 2. The van der Waals surface area contributed by atoms with Crippen molar-refractivity contribution in [3.05, 3.63) is 71.8 Å². The third kappa shape index (κ3) is 8.24. The predicted octanol–water partition coefficient (Wildman–Crippen LogP) is 5.58. The molecule has 4 rings (SSSR count). The van der Waals surface area contributed by atoms with Crippen molar-refractivity contribution in [3.63, 3.8) is 0 Å². The number of carboxylic acids is 1. The van der Waals surface area contributed by atoms with Gasteiger partial charge < -0.3 is 19.7 Å². The molecular weight excluding hydrogens is 466 g/mol. The van der Waals surface area contributed by atoms with E-state index in [0.717, 1.165) is 48.2 Å². The number of carbonyl (C=O) groups is 1. The zero-order valence-corrected chi connectivity index (χ0v) is 21.8. The molecule has 0 amide bonds. The van der Waals surface area contributed by atoms with E-state index in [0.29, 0.717) is 25.7 Å². The summed E-state index contributed by atoms with van der Waals surface area (Å²) in [6.45, 7) is 3.33. The van der Waals surface area contributed by atoms with Crippen LogP contribution in [0.15, 0.2) is 60.7 Å². The number of carboxylic acid groups (broad SMARTS) is 1. The largest absolute Gasteiger partial charge is 0.481 e. The first-order chi connectivity index (χ1) is 18.1. The van der Waals surface area contributed by atoms with Crippen molar-refractivity contribution in [1.29, 1.82) is 0 Å². The molecule has 37 heavy (non-hydrogen) atoms. The Hall–Kier alpha value is -2.51. The molecule has 1 unspecified atom stereocenters. The molecule has 1 aliphatic carbocycles. The average Bonchev–Trinajstić information content (AvgIpc) is 3.12. The fourth-order valence-electron chi connectivity index (χ4n) is 5.53. The number of hydrogen-bond acceptors (Lipinski definition) is 5. The van der Waals surface area contributed by atoms with Crippen LogP contribution >= 0.6 is 0 Å². The number of benzene rings is 2. The van der Waals surface area contributed by atoms with Crippen LogP contribution < -0.4 is 0 Å². The molecule has 3 atom stereocenters. The van der Waals surface area contributed by atoms with E-state index in [9.17, 15) is 9.90 Å². The minimum atomic E-state index is -0.775. The summed E-state index contributed by atoms with van der Waals surface area (Å²) in [5, 5.41) is 18.3.